The summed E-state index contributed by atoms with van der Waals surface area (Å²) in [6.45, 7) is 12.4. The maximum atomic E-state index is 11.9. The fourth-order valence-electron chi connectivity index (χ4n) is 6.20. The minimum atomic E-state index is -0.720. The molecule has 4 heterocycles. The molecule has 4 saturated heterocycles. The van der Waals surface area contributed by atoms with Gasteiger partial charge in [-0.25, -0.2) is 14.6 Å². The highest BCUT2D eigenvalue weighted by atomic mass is 32.2. The van der Waals surface area contributed by atoms with Crippen molar-refractivity contribution in [3.05, 3.63) is 0 Å². The van der Waals surface area contributed by atoms with Crippen molar-refractivity contribution in [3.63, 3.8) is 0 Å². The topological polar surface area (TPSA) is 66.5 Å². The van der Waals surface area contributed by atoms with Crippen LogP contribution in [0.4, 0.5) is 4.79 Å². The first-order chi connectivity index (χ1) is 15.3. The summed E-state index contributed by atoms with van der Waals surface area (Å²) in [5.74, 6) is 1.98. The van der Waals surface area contributed by atoms with Crippen molar-refractivity contribution in [1.82, 2.24) is 4.90 Å². The van der Waals surface area contributed by atoms with E-state index in [1.807, 2.05) is 32.5 Å². The van der Waals surface area contributed by atoms with Gasteiger partial charge < -0.3 is 19.1 Å². The van der Waals surface area contributed by atoms with Gasteiger partial charge in [-0.15, -0.1) is 11.8 Å². The molecule has 0 N–H and O–H groups in total. The number of nitrogens with zero attached hydrogens (tertiary/aromatic N) is 1. The Labute approximate surface area is 197 Å². The Kier molecular flexibility index (Phi) is 7.67. The third-order valence-electron chi connectivity index (χ3n) is 8.17. The quantitative estimate of drug-likeness (QED) is 0.357. The van der Waals surface area contributed by atoms with Gasteiger partial charge in [0, 0.05) is 25.4 Å². The smallest absolute Gasteiger partial charge is 0.409 e. The molecule has 1 aliphatic carbocycles. The zero-order valence-corrected chi connectivity index (χ0v) is 21.2. The predicted molar refractivity (Wildman–Crippen MR) is 123 cm³/mol. The molecule has 1 saturated carbocycles. The number of amides is 1. The monoisotopic (exact) mass is 471 g/mol. The molecule has 184 valence electrons. The lowest BCUT2D eigenvalue weighted by molar-refractivity contribution is -0.568. The van der Waals surface area contributed by atoms with E-state index in [4.69, 9.17) is 24.0 Å². The van der Waals surface area contributed by atoms with E-state index in [0.717, 1.165) is 37.9 Å². The normalized spacial score (nSPS) is 42.8. The van der Waals surface area contributed by atoms with Crippen LogP contribution in [0.3, 0.4) is 0 Å². The van der Waals surface area contributed by atoms with Gasteiger partial charge in [0.15, 0.2) is 11.9 Å². The molecule has 1 amide bonds. The lowest BCUT2D eigenvalue weighted by Crippen LogP contribution is -2.70. The summed E-state index contributed by atoms with van der Waals surface area (Å²) in [6.07, 6.45) is 5.52. The summed E-state index contributed by atoms with van der Waals surface area (Å²) in [5.41, 5.74) is -0.405. The van der Waals surface area contributed by atoms with E-state index in [-0.39, 0.29) is 17.8 Å². The molecule has 0 aromatic rings. The standard InChI is InChI=1S/C24H41NO6S/c1-6-25(7-2)22(26)27-14-8-9-15-32-20-17(4)19-11-10-16(3)18-12-13-23(5)29-21(28-20)24(18,19)31-30-23/h16-21H,6-15H2,1-5H3/t16-,17-,18+,19+,20+,21-,23+,24-/m1/s1. The molecular weight excluding hydrogens is 430 g/mol. The Bertz CT molecular complexity index is 662. The first-order valence-corrected chi connectivity index (χ1v) is 13.6. The summed E-state index contributed by atoms with van der Waals surface area (Å²) >= 11 is 1.86. The van der Waals surface area contributed by atoms with Gasteiger partial charge in [-0.2, -0.15) is 0 Å². The highest BCUT2D eigenvalue weighted by Gasteiger charge is 2.69. The molecule has 32 heavy (non-hydrogen) atoms. The van der Waals surface area contributed by atoms with Crippen LogP contribution >= 0.6 is 11.8 Å². The summed E-state index contributed by atoms with van der Waals surface area (Å²) in [4.78, 5) is 25.7. The van der Waals surface area contributed by atoms with Crippen LogP contribution < -0.4 is 0 Å². The second-order valence-corrected chi connectivity index (χ2v) is 11.3. The van der Waals surface area contributed by atoms with Crippen molar-refractivity contribution in [1.29, 1.82) is 0 Å². The maximum Gasteiger partial charge on any atom is 0.409 e. The zero-order valence-electron chi connectivity index (χ0n) is 20.3. The van der Waals surface area contributed by atoms with Crippen molar-refractivity contribution in [2.24, 2.45) is 23.7 Å². The summed E-state index contributed by atoms with van der Waals surface area (Å²) in [7, 11) is 0. The zero-order chi connectivity index (χ0) is 22.9. The second kappa shape index (κ2) is 9.98. The Morgan fingerprint density at radius 3 is 2.62 bits per heavy atom. The Hall–Kier alpha value is -0.540. The van der Waals surface area contributed by atoms with E-state index in [1.54, 1.807) is 4.90 Å². The number of hydrogen-bond acceptors (Lipinski definition) is 7. The van der Waals surface area contributed by atoms with Gasteiger partial charge in [0.05, 0.1) is 6.61 Å². The van der Waals surface area contributed by atoms with Crippen LogP contribution in [0.1, 0.15) is 73.1 Å². The Morgan fingerprint density at radius 2 is 1.88 bits per heavy atom. The van der Waals surface area contributed by atoms with Gasteiger partial charge >= 0.3 is 6.09 Å². The summed E-state index contributed by atoms with van der Waals surface area (Å²) in [6, 6.07) is 0. The van der Waals surface area contributed by atoms with Crippen LogP contribution in [-0.2, 0) is 24.0 Å². The van der Waals surface area contributed by atoms with Crippen LogP contribution in [0, 0.1) is 23.7 Å². The molecule has 0 aromatic carbocycles. The maximum absolute atomic E-state index is 11.9. The van der Waals surface area contributed by atoms with E-state index in [1.165, 1.54) is 6.42 Å². The average Bonchev–Trinajstić information content (AvgIpc) is 3.00. The molecule has 5 fully saturated rings. The van der Waals surface area contributed by atoms with E-state index < -0.39 is 11.4 Å². The number of thioether (sulfide) groups is 1. The number of ether oxygens (including phenoxy) is 3. The first kappa shape index (κ1) is 24.6. The van der Waals surface area contributed by atoms with Crippen molar-refractivity contribution < 1.29 is 28.8 Å². The van der Waals surface area contributed by atoms with Crippen LogP contribution in [0.15, 0.2) is 0 Å². The fraction of sp³-hybridized carbons (Fsp3) is 0.958. The average molecular weight is 472 g/mol. The lowest BCUT2D eigenvalue weighted by atomic mass is 9.58. The minimum absolute atomic E-state index is 0.0782. The van der Waals surface area contributed by atoms with Gasteiger partial charge in [-0.05, 0) is 76.4 Å². The summed E-state index contributed by atoms with van der Waals surface area (Å²) < 4.78 is 18.4. The molecule has 0 radical (unpaired) electrons. The van der Waals surface area contributed by atoms with Gasteiger partial charge in [0.25, 0.3) is 0 Å². The molecule has 5 rings (SSSR count). The van der Waals surface area contributed by atoms with Crippen LogP contribution in [-0.4, -0.2) is 59.6 Å². The number of rotatable bonds is 8. The number of hydrogen-bond donors (Lipinski definition) is 0. The van der Waals surface area contributed by atoms with E-state index in [2.05, 4.69) is 13.8 Å². The van der Waals surface area contributed by atoms with Gasteiger partial charge in [-0.3, -0.25) is 0 Å². The Balaban J connectivity index is 1.31. The third kappa shape index (κ3) is 4.42. The number of unbranched alkanes of at least 4 members (excludes halogenated alkanes) is 1. The van der Waals surface area contributed by atoms with E-state index in [0.29, 0.717) is 43.4 Å². The highest BCUT2D eigenvalue weighted by Crippen LogP contribution is 2.61. The van der Waals surface area contributed by atoms with Crippen molar-refractivity contribution in [2.45, 2.75) is 96.3 Å². The van der Waals surface area contributed by atoms with Gasteiger partial charge in [-0.1, -0.05) is 13.8 Å². The largest absolute Gasteiger partial charge is 0.449 e. The predicted octanol–water partition coefficient (Wildman–Crippen LogP) is 5.19. The van der Waals surface area contributed by atoms with Crippen molar-refractivity contribution >= 4 is 17.9 Å². The fourth-order valence-corrected chi connectivity index (χ4v) is 7.47. The highest BCUT2D eigenvalue weighted by molar-refractivity contribution is 7.99. The van der Waals surface area contributed by atoms with Crippen molar-refractivity contribution in [3.8, 4) is 0 Å². The summed E-state index contributed by atoms with van der Waals surface area (Å²) in [5, 5.41) is 0. The molecule has 0 unspecified atom stereocenters. The number of carbonyl (C=O) groups excluding carboxylic acids is 1. The van der Waals surface area contributed by atoms with Crippen LogP contribution in [0.25, 0.3) is 0 Å². The number of carbonyl (C=O) groups is 1. The SMILES string of the molecule is CCN(CC)C(=O)OCCCCS[C@@H]1O[C@@H]2O[C@]3(C)CC[C@H]4[C@H](C)CC[C@@H]([C@H]1C)[C@@]24OO3. The molecule has 4 aliphatic heterocycles. The molecule has 2 bridgehead atoms. The number of fused-ring (bicyclic) bond motifs is 2. The van der Waals surface area contributed by atoms with Gasteiger partial charge in [0.2, 0.25) is 5.79 Å². The molecule has 8 heteroatoms. The van der Waals surface area contributed by atoms with Crippen LogP contribution in [0.5, 0.6) is 0 Å². The molecule has 1 spiro atoms. The molecule has 8 atom stereocenters. The van der Waals surface area contributed by atoms with E-state index in [9.17, 15) is 4.79 Å². The second-order valence-electron chi connectivity index (χ2n) is 10.1. The van der Waals surface area contributed by atoms with Crippen LogP contribution in [0.2, 0.25) is 0 Å². The van der Waals surface area contributed by atoms with Crippen molar-refractivity contribution in [2.75, 3.05) is 25.4 Å². The van der Waals surface area contributed by atoms with E-state index >= 15 is 0 Å². The molecular formula is C24H41NO6S. The third-order valence-corrected chi connectivity index (χ3v) is 9.56. The molecule has 0 aromatic heterocycles. The lowest BCUT2D eigenvalue weighted by Gasteiger charge is -2.60. The Morgan fingerprint density at radius 1 is 1.09 bits per heavy atom. The molecule has 7 nitrogen and oxygen atoms in total. The molecule has 5 aliphatic rings. The van der Waals surface area contributed by atoms with Gasteiger partial charge in [0.1, 0.15) is 5.44 Å². The minimum Gasteiger partial charge on any atom is -0.449 e. The first-order valence-electron chi connectivity index (χ1n) is 12.6.